The molecule has 2 rings (SSSR count). The first-order valence-corrected chi connectivity index (χ1v) is 8.20. The molecule has 1 saturated carbocycles. The molecule has 0 aromatic heterocycles. The Morgan fingerprint density at radius 1 is 1.28 bits per heavy atom. The van der Waals surface area contributed by atoms with E-state index in [1.54, 1.807) is 0 Å². The Balaban J connectivity index is 1.61. The molecule has 3 heteroatoms. The molecule has 18 heavy (non-hydrogen) atoms. The lowest BCUT2D eigenvalue weighted by Crippen LogP contribution is -2.35. The van der Waals surface area contributed by atoms with Gasteiger partial charge in [-0.15, -0.1) is 11.6 Å². The summed E-state index contributed by atoms with van der Waals surface area (Å²) in [4.78, 5) is 0. The Hall–Kier alpha value is 0.210. The fourth-order valence-electron chi connectivity index (χ4n) is 3.33. The number of alkyl halides is 1. The standard InChI is InChI=1S/C15H28ClNO/c1-2-13(16)7-11-17-12-14-6-10-15(18-14)8-4-3-5-9-15/h13-14,17H,2-12H2,1H3. The zero-order chi connectivity index (χ0) is 12.8. The van der Waals surface area contributed by atoms with Crippen LogP contribution in [-0.4, -0.2) is 30.2 Å². The molecule has 1 aliphatic heterocycles. The van der Waals surface area contributed by atoms with Crippen LogP contribution < -0.4 is 5.32 Å². The lowest BCUT2D eigenvalue weighted by molar-refractivity contribution is -0.0623. The van der Waals surface area contributed by atoms with Gasteiger partial charge < -0.3 is 10.1 Å². The van der Waals surface area contributed by atoms with Crippen molar-refractivity contribution >= 4 is 11.6 Å². The summed E-state index contributed by atoms with van der Waals surface area (Å²) >= 11 is 6.11. The summed E-state index contributed by atoms with van der Waals surface area (Å²) in [5.74, 6) is 0. The molecule has 1 aliphatic carbocycles. The largest absolute Gasteiger partial charge is 0.370 e. The third-order valence-corrected chi connectivity index (χ3v) is 5.08. The number of halogens is 1. The fourth-order valence-corrected chi connectivity index (χ4v) is 3.44. The maximum absolute atomic E-state index is 6.33. The minimum atomic E-state index is 0.267. The highest BCUT2D eigenvalue weighted by Crippen LogP contribution is 2.41. The topological polar surface area (TPSA) is 21.3 Å². The minimum Gasteiger partial charge on any atom is -0.370 e. The highest BCUT2D eigenvalue weighted by molar-refractivity contribution is 6.20. The molecule has 2 unspecified atom stereocenters. The molecule has 1 spiro atoms. The van der Waals surface area contributed by atoms with Gasteiger partial charge in [-0.2, -0.15) is 0 Å². The molecule has 0 aromatic rings. The summed E-state index contributed by atoms with van der Waals surface area (Å²) < 4.78 is 6.33. The van der Waals surface area contributed by atoms with Crippen molar-refractivity contribution in [1.29, 1.82) is 0 Å². The molecule has 1 heterocycles. The highest BCUT2D eigenvalue weighted by Gasteiger charge is 2.40. The summed E-state index contributed by atoms with van der Waals surface area (Å²) in [7, 11) is 0. The zero-order valence-corrected chi connectivity index (χ0v) is 12.5. The average molecular weight is 274 g/mol. The molecular formula is C15H28ClNO. The first-order valence-electron chi connectivity index (χ1n) is 7.77. The van der Waals surface area contributed by atoms with Crippen LogP contribution in [0.3, 0.4) is 0 Å². The van der Waals surface area contributed by atoms with Crippen molar-refractivity contribution in [2.45, 2.75) is 81.8 Å². The van der Waals surface area contributed by atoms with E-state index in [-0.39, 0.29) is 5.60 Å². The minimum absolute atomic E-state index is 0.267. The van der Waals surface area contributed by atoms with Crippen LogP contribution in [0.25, 0.3) is 0 Å². The van der Waals surface area contributed by atoms with Gasteiger partial charge in [-0.3, -0.25) is 0 Å². The molecule has 1 saturated heterocycles. The van der Waals surface area contributed by atoms with Gasteiger partial charge in [0.1, 0.15) is 0 Å². The van der Waals surface area contributed by atoms with E-state index in [1.165, 1.54) is 44.9 Å². The molecule has 1 N–H and O–H groups in total. The van der Waals surface area contributed by atoms with Crippen LogP contribution in [0.1, 0.15) is 64.7 Å². The summed E-state index contributed by atoms with van der Waals surface area (Å²) in [6.45, 7) is 4.18. The molecule has 106 valence electrons. The van der Waals surface area contributed by atoms with E-state index < -0.39 is 0 Å². The van der Waals surface area contributed by atoms with Crippen LogP contribution in [0.4, 0.5) is 0 Å². The van der Waals surface area contributed by atoms with E-state index in [0.29, 0.717) is 11.5 Å². The van der Waals surface area contributed by atoms with E-state index in [2.05, 4.69) is 12.2 Å². The summed E-state index contributed by atoms with van der Waals surface area (Å²) in [5, 5.41) is 3.83. The maximum atomic E-state index is 6.33. The third kappa shape index (κ3) is 4.11. The van der Waals surface area contributed by atoms with E-state index in [9.17, 15) is 0 Å². The van der Waals surface area contributed by atoms with Crippen molar-refractivity contribution in [2.75, 3.05) is 13.1 Å². The van der Waals surface area contributed by atoms with Gasteiger partial charge in [0.2, 0.25) is 0 Å². The van der Waals surface area contributed by atoms with Crippen LogP contribution in [0.2, 0.25) is 0 Å². The number of hydrogen-bond acceptors (Lipinski definition) is 2. The lowest BCUT2D eigenvalue weighted by atomic mass is 9.83. The third-order valence-electron chi connectivity index (χ3n) is 4.55. The van der Waals surface area contributed by atoms with E-state index >= 15 is 0 Å². The Kier molecular flexibility index (Phi) is 5.78. The van der Waals surface area contributed by atoms with E-state index in [4.69, 9.17) is 16.3 Å². The first kappa shape index (κ1) is 14.6. The summed E-state index contributed by atoms with van der Waals surface area (Å²) in [5.41, 5.74) is 0.267. The van der Waals surface area contributed by atoms with Crippen LogP contribution >= 0.6 is 11.6 Å². The maximum Gasteiger partial charge on any atom is 0.0708 e. The summed E-state index contributed by atoms with van der Waals surface area (Å²) in [6, 6.07) is 0. The van der Waals surface area contributed by atoms with Crippen LogP contribution in [0.15, 0.2) is 0 Å². The van der Waals surface area contributed by atoms with Crippen LogP contribution in [-0.2, 0) is 4.74 Å². The molecule has 2 fully saturated rings. The Labute approximate surface area is 117 Å². The SMILES string of the molecule is CCC(Cl)CCNCC1CCC2(CCCCC2)O1. The number of hydrogen-bond donors (Lipinski definition) is 1. The lowest BCUT2D eigenvalue weighted by Gasteiger charge is -2.33. The molecule has 0 radical (unpaired) electrons. The van der Waals surface area contributed by atoms with E-state index in [0.717, 1.165) is 25.9 Å². The fraction of sp³-hybridized carbons (Fsp3) is 1.00. The number of ether oxygens (including phenoxy) is 1. The second kappa shape index (κ2) is 7.12. The second-order valence-electron chi connectivity index (χ2n) is 6.02. The van der Waals surface area contributed by atoms with Crippen LogP contribution in [0, 0.1) is 0 Å². The van der Waals surface area contributed by atoms with Crippen molar-refractivity contribution in [2.24, 2.45) is 0 Å². The van der Waals surface area contributed by atoms with Crippen LogP contribution in [0.5, 0.6) is 0 Å². The molecule has 2 atom stereocenters. The number of rotatable bonds is 6. The molecule has 0 bridgehead atoms. The molecule has 0 aromatic carbocycles. The van der Waals surface area contributed by atoms with Gasteiger partial charge >= 0.3 is 0 Å². The van der Waals surface area contributed by atoms with Gasteiger partial charge in [0.15, 0.2) is 0 Å². The smallest absolute Gasteiger partial charge is 0.0708 e. The molecule has 2 aliphatic rings. The van der Waals surface area contributed by atoms with Gasteiger partial charge in [0.25, 0.3) is 0 Å². The van der Waals surface area contributed by atoms with Gasteiger partial charge in [-0.05, 0) is 45.1 Å². The van der Waals surface area contributed by atoms with Gasteiger partial charge in [-0.1, -0.05) is 26.2 Å². The predicted octanol–water partition coefficient (Wildman–Crippen LogP) is 3.87. The van der Waals surface area contributed by atoms with Crippen molar-refractivity contribution in [3.8, 4) is 0 Å². The highest BCUT2D eigenvalue weighted by atomic mass is 35.5. The Morgan fingerprint density at radius 2 is 2.06 bits per heavy atom. The predicted molar refractivity (Wildman–Crippen MR) is 77.3 cm³/mol. The quantitative estimate of drug-likeness (QED) is 0.586. The van der Waals surface area contributed by atoms with Gasteiger partial charge in [0.05, 0.1) is 11.7 Å². The number of nitrogens with one attached hydrogen (secondary N) is 1. The molecular weight excluding hydrogens is 246 g/mol. The van der Waals surface area contributed by atoms with Gasteiger partial charge in [0, 0.05) is 11.9 Å². The monoisotopic (exact) mass is 273 g/mol. The normalized spacial score (nSPS) is 28.7. The zero-order valence-electron chi connectivity index (χ0n) is 11.7. The Morgan fingerprint density at radius 3 is 2.78 bits per heavy atom. The average Bonchev–Trinajstić information content (AvgIpc) is 2.78. The first-order chi connectivity index (χ1) is 8.74. The summed E-state index contributed by atoms with van der Waals surface area (Å²) in [6.07, 6.45) is 11.8. The van der Waals surface area contributed by atoms with E-state index in [1.807, 2.05) is 0 Å². The molecule has 2 nitrogen and oxygen atoms in total. The van der Waals surface area contributed by atoms with Crippen molar-refractivity contribution in [3.63, 3.8) is 0 Å². The molecule has 0 amide bonds. The Bertz CT molecular complexity index is 241. The van der Waals surface area contributed by atoms with Crippen molar-refractivity contribution in [1.82, 2.24) is 5.32 Å². The van der Waals surface area contributed by atoms with Crippen molar-refractivity contribution in [3.05, 3.63) is 0 Å². The second-order valence-corrected chi connectivity index (χ2v) is 6.64. The van der Waals surface area contributed by atoms with Gasteiger partial charge in [-0.25, -0.2) is 0 Å². The van der Waals surface area contributed by atoms with Crippen molar-refractivity contribution < 1.29 is 4.74 Å².